The number of hydrogen-bond acceptors (Lipinski definition) is 1. The summed E-state index contributed by atoms with van der Waals surface area (Å²) in [4.78, 5) is 4.42. The molecule has 0 N–H and O–H groups in total. The minimum atomic E-state index is 0.552. The molecule has 1 heterocycles. The highest BCUT2D eigenvalue weighted by atomic mass is 15.1. The second-order valence-corrected chi connectivity index (χ2v) is 3.54. The third-order valence-electron chi connectivity index (χ3n) is 1.87. The lowest BCUT2D eigenvalue weighted by Crippen LogP contribution is -2.28. The van der Waals surface area contributed by atoms with Gasteiger partial charge in [-0.2, -0.15) is 0 Å². The lowest BCUT2D eigenvalue weighted by molar-refractivity contribution is -0.441. The van der Waals surface area contributed by atoms with Crippen LogP contribution in [0.2, 0.25) is 0 Å². The van der Waals surface area contributed by atoms with Gasteiger partial charge in [-0.1, -0.05) is 18.8 Å². The number of aliphatic imine (C=N–C) groups is 1. The van der Waals surface area contributed by atoms with Crippen molar-refractivity contribution < 1.29 is 4.58 Å². The first-order chi connectivity index (χ1) is 5.13. The maximum absolute atomic E-state index is 4.42. The van der Waals surface area contributed by atoms with Gasteiger partial charge >= 0.3 is 0 Å². The molecule has 0 unspecified atom stereocenters. The lowest BCUT2D eigenvalue weighted by Gasteiger charge is -2.08. The van der Waals surface area contributed by atoms with E-state index in [0.29, 0.717) is 12.0 Å². The molecule has 1 aliphatic rings. The number of amidine groups is 1. The first kappa shape index (κ1) is 8.44. The van der Waals surface area contributed by atoms with Crippen molar-refractivity contribution in [3.8, 4) is 0 Å². The summed E-state index contributed by atoms with van der Waals surface area (Å²) in [5.41, 5.74) is 0. The van der Waals surface area contributed by atoms with Crippen molar-refractivity contribution in [2.45, 2.75) is 33.7 Å². The topological polar surface area (TPSA) is 15.4 Å². The number of nitrogens with zero attached hydrogens (tertiary/aromatic N) is 2. The zero-order valence-electron chi connectivity index (χ0n) is 7.83. The molecule has 0 spiro atoms. The summed E-state index contributed by atoms with van der Waals surface area (Å²) in [5, 5.41) is 0. The second kappa shape index (κ2) is 3.16. The largest absolute Gasteiger partial charge is 0.295 e. The van der Waals surface area contributed by atoms with E-state index in [9.17, 15) is 0 Å². The van der Waals surface area contributed by atoms with Gasteiger partial charge in [-0.15, -0.1) is 0 Å². The van der Waals surface area contributed by atoms with E-state index in [4.69, 9.17) is 0 Å². The monoisotopic (exact) mass is 153 g/mol. The lowest BCUT2D eigenvalue weighted by atomic mass is 10.2. The smallest absolute Gasteiger partial charge is 0.232 e. The maximum atomic E-state index is 4.42. The summed E-state index contributed by atoms with van der Waals surface area (Å²) in [6.45, 7) is 9.63. The molecule has 0 amide bonds. The molecular weight excluding hydrogens is 136 g/mol. The van der Waals surface area contributed by atoms with Crippen molar-refractivity contribution in [2.24, 2.45) is 10.9 Å². The molecule has 1 rings (SSSR count). The average Bonchev–Trinajstić information content (AvgIpc) is 2.32. The van der Waals surface area contributed by atoms with E-state index < -0.39 is 0 Å². The van der Waals surface area contributed by atoms with E-state index in [1.54, 1.807) is 0 Å². The molecule has 0 aromatic heterocycles. The van der Waals surface area contributed by atoms with Crippen LogP contribution in [0.3, 0.4) is 0 Å². The van der Waals surface area contributed by atoms with Crippen LogP contribution in [-0.4, -0.2) is 29.2 Å². The Morgan fingerprint density at radius 2 is 2.00 bits per heavy atom. The number of rotatable bonds is 2. The summed E-state index contributed by atoms with van der Waals surface area (Å²) < 4.78 is 2.27. The number of hydrogen-bond donors (Lipinski definition) is 0. The van der Waals surface area contributed by atoms with E-state index in [1.807, 2.05) is 0 Å². The Hall–Kier alpha value is -0.660. The van der Waals surface area contributed by atoms with Crippen LogP contribution in [0.1, 0.15) is 27.7 Å². The van der Waals surface area contributed by atoms with Crippen LogP contribution in [0.5, 0.6) is 0 Å². The third-order valence-corrected chi connectivity index (χ3v) is 1.87. The van der Waals surface area contributed by atoms with Gasteiger partial charge < -0.3 is 0 Å². The second-order valence-electron chi connectivity index (χ2n) is 3.54. The Morgan fingerprint density at radius 1 is 1.36 bits per heavy atom. The molecule has 0 bridgehead atoms. The molecule has 0 saturated heterocycles. The first-order valence-electron chi connectivity index (χ1n) is 4.29. The van der Waals surface area contributed by atoms with Crippen molar-refractivity contribution in [2.75, 3.05) is 6.54 Å². The molecule has 2 nitrogen and oxygen atoms in total. The molecule has 0 saturated carbocycles. The van der Waals surface area contributed by atoms with Crippen LogP contribution < -0.4 is 0 Å². The van der Waals surface area contributed by atoms with Crippen LogP contribution in [0.15, 0.2) is 4.99 Å². The SMILES string of the molecule is CC(C)C1=NCC=[N+]1C(C)C. The molecule has 2 heteroatoms. The summed E-state index contributed by atoms with van der Waals surface area (Å²) in [5.74, 6) is 1.79. The van der Waals surface area contributed by atoms with Crippen molar-refractivity contribution in [3.05, 3.63) is 0 Å². The Balaban J connectivity index is 2.76. The van der Waals surface area contributed by atoms with Gasteiger partial charge in [0.05, 0.1) is 12.0 Å². The maximum Gasteiger partial charge on any atom is 0.295 e. The summed E-state index contributed by atoms with van der Waals surface area (Å²) in [7, 11) is 0. The fraction of sp³-hybridized carbons (Fsp3) is 0.778. The Bertz CT molecular complexity index is 178. The fourth-order valence-electron chi connectivity index (χ4n) is 1.35. The Labute approximate surface area is 68.7 Å². The van der Waals surface area contributed by atoms with Crippen LogP contribution in [-0.2, 0) is 0 Å². The van der Waals surface area contributed by atoms with Crippen molar-refractivity contribution in [3.63, 3.8) is 0 Å². The van der Waals surface area contributed by atoms with E-state index in [0.717, 1.165) is 6.54 Å². The van der Waals surface area contributed by atoms with Gasteiger partial charge in [0, 0.05) is 0 Å². The van der Waals surface area contributed by atoms with Crippen LogP contribution in [0.25, 0.3) is 0 Å². The zero-order chi connectivity index (χ0) is 8.43. The molecule has 0 fully saturated rings. The molecule has 0 aliphatic carbocycles. The zero-order valence-corrected chi connectivity index (χ0v) is 7.83. The van der Waals surface area contributed by atoms with Crippen molar-refractivity contribution >= 4 is 12.1 Å². The van der Waals surface area contributed by atoms with E-state index in [-0.39, 0.29) is 0 Å². The molecule has 0 atom stereocenters. The molecule has 1 aliphatic heterocycles. The highest BCUT2D eigenvalue weighted by Crippen LogP contribution is 2.05. The minimum absolute atomic E-state index is 0.552. The molecule has 11 heavy (non-hydrogen) atoms. The van der Waals surface area contributed by atoms with Gasteiger partial charge in [-0.25, -0.2) is 4.58 Å². The Kier molecular flexibility index (Phi) is 2.42. The first-order valence-corrected chi connectivity index (χ1v) is 4.29. The van der Waals surface area contributed by atoms with Crippen LogP contribution in [0.4, 0.5) is 0 Å². The summed E-state index contributed by atoms with van der Waals surface area (Å²) in [6, 6.07) is 0.554. The van der Waals surface area contributed by atoms with Crippen LogP contribution >= 0.6 is 0 Å². The third kappa shape index (κ3) is 1.67. The highest BCUT2D eigenvalue weighted by Gasteiger charge is 2.24. The molecule has 0 aromatic carbocycles. The van der Waals surface area contributed by atoms with Gasteiger partial charge in [0.2, 0.25) is 0 Å². The molecular formula is C9H17N2+. The Morgan fingerprint density at radius 3 is 2.36 bits per heavy atom. The van der Waals surface area contributed by atoms with Gasteiger partial charge in [0.1, 0.15) is 6.21 Å². The fourth-order valence-corrected chi connectivity index (χ4v) is 1.35. The minimum Gasteiger partial charge on any atom is -0.232 e. The van der Waals surface area contributed by atoms with E-state index in [2.05, 4.69) is 43.5 Å². The van der Waals surface area contributed by atoms with Crippen LogP contribution in [0, 0.1) is 5.92 Å². The van der Waals surface area contributed by atoms with E-state index in [1.165, 1.54) is 5.84 Å². The van der Waals surface area contributed by atoms with Gasteiger partial charge in [0.25, 0.3) is 5.84 Å². The average molecular weight is 153 g/mol. The quantitative estimate of drug-likeness (QED) is 0.535. The molecule has 0 radical (unpaired) electrons. The van der Waals surface area contributed by atoms with E-state index >= 15 is 0 Å². The standard InChI is InChI=1S/C9H17N2/c1-7(2)9-10-5-6-11(9)8(3)4/h6-8H,5H2,1-4H3/q+1. The predicted molar refractivity (Wildman–Crippen MR) is 48.6 cm³/mol. The molecule has 0 aromatic rings. The highest BCUT2D eigenvalue weighted by molar-refractivity contribution is 5.84. The molecule has 62 valence electrons. The van der Waals surface area contributed by atoms with Gasteiger partial charge in [0.15, 0.2) is 6.54 Å². The summed E-state index contributed by atoms with van der Waals surface area (Å²) in [6.07, 6.45) is 2.17. The summed E-state index contributed by atoms with van der Waals surface area (Å²) >= 11 is 0. The van der Waals surface area contributed by atoms with Gasteiger partial charge in [-0.05, 0) is 13.8 Å². The van der Waals surface area contributed by atoms with Crippen molar-refractivity contribution in [1.82, 2.24) is 0 Å². The van der Waals surface area contributed by atoms with Crippen molar-refractivity contribution in [1.29, 1.82) is 0 Å². The normalized spacial score (nSPS) is 17.6. The predicted octanol–water partition coefficient (Wildman–Crippen LogP) is 1.55. The van der Waals surface area contributed by atoms with Gasteiger partial charge in [-0.3, -0.25) is 0 Å².